The predicted octanol–water partition coefficient (Wildman–Crippen LogP) is 3.01. The molecule has 2 nitrogen and oxygen atoms in total. The first-order chi connectivity index (χ1) is 6.95. The van der Waals surface area contributed by atoms with Crippen LogP contribution in [0.3, 0.4) is 0 Å². The van der Waals surface area contributed by atoms with Crippen LogP contribution in [-0.4, -0.2) is 7.11 Å². The highest BCUT2D eigenvalue weighted by Gasteiger charge is 2.30. The van der Waals surface area contributed by atoms with Gasteiger partial charge < -0.3 is 4.84 Å². The average molecular weight is 240 g/mol. The molecule has 0 heterocycles. The molecule has 1 rings (SSSR count). The van der Waals surface area contributed by atoms with Gasteiger partial charge in [0.05, 0.1) is 12.7 Å². The van der Waals surface area contributed by atoms with Crippen molar-refractivity contribution in [1.29, 1.82) is 0 Å². The molecule has 0 unspecified atom stereocenters. The molecule has 0 aliphatic heterocycles. The zero-order chi connectivity index (χ0) is 11.5. The largest absolute Gasteiger partial charge is 0.416 e. The average Bonchev–Trinajstić information content (AvgIpc) is 2.14. The summed E-state index contributed by atoms with van der Waals surface area (Å²) in [5.74, 6) is 0. The van der Waals surface area contributed by atoms with Crippen molar-refractivity contribution in [3.8, 4) is 0 Å². The Bertz CT molecular complexity index is 341. The number of hydrogen-bond acceptors (Lipinski definition) is 2. The summed E-state index contributed by atoms with van der Waals surface area (Å²) in [4.78, 5) is 4.57. The van der Waals surface area contributed by atoms with Gasteiger partial charge in [-0.15, -0.1) is 0 Å². The summed E-state index contributed by atoms with van der Waals surface area (Å²) in [6, 6.07) is 3.20. The van der Waals surface area contributed by atoms with Gasteiger partial charge in [-0.2, -0.15) is 18.7 Å². The first-order valence-corrected chi connectivity index (χ1v) is 4.44. The van der Waals surface area contributed by atoms with Crippen molar-refractivity contribution in [3.63, 3.8) is 0 Å². The van der Waals surface area contributed by atoms with E-state index in [-0.39, 0.29) is 11.6 Å². The highest BCUT2D eigenvalue weighted by molar-refractivity contribution is 6.31. The SMILES string of the molecule is CONCc1ccc(C(F)(F)F)cc1Cl. The van der Waals surface area contributed by atoms with E-state index in [0.29, 0.717) is 5.56 Å². The third kappa shape index (κ3) is 3.37. The molecule has 0 atom stereocenters. The lowest BCUT2D eigenvalue weighted by Crippen LogP contribution is -2.12. The molecule has 0 amide bonds. The number of halogens is 4. The van der Waals surface area contributed by atoms with E-state index in [2.05, 4.69) is 10.3 Å². The molecule has 15 heavy (non-hydrogen) atoms. The van der Waals surface area contributed by atoms with Crippen molar-refractivity contribution in [2.45, 2.75) is 12.7 Å². The van der Waals surface area contributed by atoms with Crippen LogP contribution in [0.15, 0.2) is 18.2 Å². The molecular formula is C9H9ClF3NO. The molecule has 0 fully saturated rings. The van der Waals surface area contributed by atoms with Crippen LogP contribution in [0.25, 0.3) is 0 Å². The Morgan fingerprint density at radius 2 is 2.07 bits per heavy atom. The van der Waals surface area contributed by atoms with Crippen LogP contribution in [0.5, 0.6) is 0 Å². The fourth-order valence-electron chi connectivity index (χ4n) is 1.02. The third-order valence-electron chi connectivity index (χ3n) is 1.79. The van der Waals surface area contributed by atoms with Gasteiger partial charge in [0.1, 0.15) is 0 Å². The number of benzene rings is 1. The number of alkyl halides is 3. The van der Waals surface area contributed by atoms with Crippen molar-refractivity contribution in [1.82, 2.24) is 5.48 Å². The number of rotatable bonds is 3. The molecule has 0 saturated carbocycles. The van der Waals surface area contributed by atoms with E-state index in [4.69, 9.17) is 11.6 Å². The van der Waals surface area contributed by atoms with Gasteiger partial charge in [-0.3, -0.25) is 0 Å². The van der Waals surface area contributed by atoms with Crippen molar-refractivity contribution < 1.29 is 18.0 Å². The standard InChI is InChI=1S/C9H9ClF3NO/c1-15-14-5-6-2-3-7(4-8(6)10)9(11,12)13/h2-4,14H,5H2,1H3. The van der Waals surface area contributed by atoms with Gasteiger partial charge in [0.15, 0.2) is 0 Å². The van der Waals surface area contributed by atoms with Gasteiger partial charge in [-0.1, -0.05) is 17.7 Å². The minimum Gasteiger partial charge on any atom is -0.305 e. The summed E-state index contributed by atoms with van der Waals surface area (Å²) < 4.78 is 36.8. The number of hydroxylamine groups is 1. The minimum absolute atomic E-state index is 0.0642. The lowest BCUT2D eigenvalue weighted by Gasteiger charge is -2.09. The lowest BCUT2D eigenvalue weighted by molar-refractivity contribution is -0.137. The Morgan fingerprint density at radius 1 is 1.40 bits per heavy atom. The summed E-state index contributed by atoms with van der Waals surface area (Å²) in [5.41, 5.74) is 2.29. The smallest absolute Gasteiger partial charge is 0.305 e. The lowest BCUT2D eigenvalue weighted by atomic mass is 10.1. The minimum atomic E-state index is -4.36. The Kier molecular flexibility index (Phi) is 3.96. The third-order valence-corrected chi connectivity index (χ3v) is 2.14. The number of hydrogen-bond donors (Lipinski definition) is 1. The van der Waals surface area contributed by atoms with Crippen LogP contribution in [0, 0.1) is 0 Å². The molecule has 1 aromatic rings. The van der Waals surface area contributed by atoms with Crippen molar-refractivity contribution in [2.24, 2.45) is 0 Å². The quantitative estimate of drug-likeness (QED) is 0.819. The molecule has 0 aliphatic rings. The second kappa shape index (κ2) is 4.83. The monoisotopic (exact) mass is 239 g/mol. The molecular weight excluding hydrogens is 231 g/mol. The second-order valence-corrected chi connectivity index (χ2v) is 3.24. The van der Waals surface area contributed by atoms with Gasteiger partial charge >= 0.3 is 6.18 Å². The first kappa shape index (κ1) is 12.3. The molecule has 0 aromatic heterocycles. The Balaban J connectivity index is 2.88. The molecule has 84 valence electrons. The maximum atomic E-state index is 12.3. The Morgan fingerprint density at radius 3 is 2.53 bits per heavy atom. The maximum Gasteiger partial charge on any atom is 0.416 e. The van der Waals surface area contributed by atoms with E-state index in [1.807, 2.05) is 0 Å². The zero-order valence-electron chi connectivity index (χ0n) is 7.86. The van der Waals surface area contributed by atoms with Crippen LogP contribution in [0.2, 0.25) is 5.02 Å². The molecule has 0 spiro atoms. The molecule has 0 bridgehead atoms. The van der Waals surface area contributed by atoms with Crippen LogP contribution >= 0.6 is 11.6 Å². The van der Waals surface area contributed by atoms with Crippen molar-refractivity contribution in [2.75, 3.05) is 7.11 Å². The number of nitrogens with one attached hydrogen (secondary N) is 1. The Labute approximate surface area is 89.9 Å². The normalized spacial score (nSPS) is 11.8. The fraction of sp³-hybridized carbons (Fsp3) is 0.333. The molecule has 0 radical (unpaired) electrons. The van der Waals surface area contributed by atoms with Gasteiger partial charge in [-0.25, -0.2) is 0 Å². The second-order valence-electron chi connectivity index (χ2n) is 2.83. The van der Waals surface area contributed by atoms with Crippen molar-refractivity contribution in [3.05, 3.63) is 34.3 Å². The van der Waals surface area contributed by atoms with Crippen LogP contribution in [0.1, 0.15) is 11.1 Å². The summed E-state index contributed by atoms with van der Waals surface area (Å²) in [5, 5.41) is 0.0642. The molecule has 0 aliphatic carbocycles. The molecule has 1 N–H and O–H groups in total. The van der Waals surface area contributed by atoms with Crippen molar-refractivity contribution >= 4 is 11.6 Å². The maximum absolute atomic E-state index is 12.3. The molecule has 1 aromatic carbocycles. The van der Waals surface area contributed by atoms with Crippen LogP contribution < -0.4 is 5.48 Å². The van der Waals surface area contributed by atoms with Gasteiger partial charge in [0.25, 0.3) is 0 Å². The van der Waals surface area contributed by atoms with E-state index < -0.39 is 11.7 Å². The first-order valence-electron chi connectivity index (χ1n) is 4.06. The summed E-state index contributed by atoms with van der Waals surface area (Å²) in [6.45, 7) is 0.257. The fourth-order valence-corrected chi connectivity index (χ4v) is 1.26. The van der Waals surface area contributed by atoms with Crippen LogP contribution in [0.4, 0.5) is 13.2 Å². The van der Waals surface area contributed by atoms with E-state index in [0.717, 1.165) is 12.1 Å². The highest BCUT2D eigenvalue weighted by atomic mass is 35.5. The predicted molar refractivity (Wildman–Crippen MR) is 50.3 cm³/mol. The highest BCUT2D eigenvalue weighted by Crippen LogP contribution is 2.31. The van der Waals surface area contributed by atoms with E-state index in [1.54, 1.807) is 0 Å². The summed E-state index contributed by atoms with van der Waals surface area (Å²) >= 11 is 5.68. The summed E-state index contributed by atoms with van der Waals surface area (Å²) in [7, 11) is 1.41. The van der Waals surface area contributed by atoms with E-state index in [9.17, 15) is 13.2 Å². The molecule has 6 heteroatoms. The van der Waals surface area contributed by atoms with E-state index in [1.165, 1.54) is 13.2 Å². The topological polar surface area (TPSA) is 21.3 Å². The molecule has 0 saturated heterocycles. The zero-order valence-corrected chi connectivity index (χ0v) is 8.62. The van der Waals surface area contributed by atoms with Gasteiger partial charge in [0.2, 0.25) is 0 Å². The van der Waals surface area contributed by atoms with E-state index >= 15 is 0 Å². The summed E-state index contributed by atoms with van der Waals surface area (Å²) in [6.07, 6.45) is -4.36. The van der Waals surface area contributed by atoms with Gasteiger partial charge in [0, 0.05) is 11.6 Å². The van der Waals surface area contributed by atoms with Crippen LogP contribution in [-0.2, 0) is 17.6 Å². The van der Waals surface area contributed by atoms with Gasteiger partial charge in [-0.05, 0) is 17.7 Å². The Hall–Kier alpha value is -0.780.